The van der Waals surface area contributed by atoms with Gasteiger partial charge in [-0.25, -0.2) is 0 Å². The molecule has 2 aliphatic heterocycles. The molecular formula is C16H26N4O2. The number of methoxy groups -OCH3 is 1. The molecule has 6 heteroatoms. The molecule has 3 heterocycles. The van der Waals surface area contributed by atoms with Crippen LogP contribution >= 0.6 is 0 Å². The van der Waals surface area contributed by atoms with E-state index in [0.717, 1.165) is 58.6 Å². The van der Waals surface area contributed by atoms with Crippen LogP contribution in [-0.2, 0) is 9.53 Å². The molecule has 2 fully saturated rings. The number of likely N-dealkylation sites (tertiary alicyclic amines) is 2. The van der Waals surface area contributed by atoms with Crippen molar-refractivity contribution >= 4 is 5.91 Å². The Morgan fingerprint density at radius 1 is 1.36 bits per heavy atom. The lowest BCUT2D eigenvalue weighted by Gasteiger charge is -2.33. The van der Waals surface area contributed by atoms with E-state index in [1.807, 2.05) is 6.07 Å². The quantitative estimate of drug-likeness (QED) is 0.884. The molecule has 2 aliphatic rings. The zero-order valence-electron chi connectivity index (χ0n) is 13.3. The summed E-state index contributed by atoms with van der Waals surface area (Å²) in [7, 11) is 1.72. The highest BCUT2D eigenvalue weighted by molar-refractivity contribution is 5.79. The predicted octanol–water partition coefficient (Wildman–Crippen LogP) is 1.08. The van der Waals surface area contributed by atoms with E-state index in [-0.39, 0.29) is 5.92 Å². The number of amides is 1. The van der Waals surface area contributed by atoms with Crippen molar-refractivity contribution in [2.45, 2.75) is 25.2 Å². The maximum absolute atomic E-state index is 12.7. The Bertz CT molecular complexity index is 469. The molecule has 6 nitrogen and oxygen atoms in total. The SMILES string of the molecule is COCCN1CCC(C(=O)N2CCC(c3ccn[nH]3)CC2)C1. The second-order valence-corrected chi connectivity index (χ2v) is 6.39. The summed E-state index contributed by atoms with van der Waals surface area (Å²) in [6, 6.07) is 2.05. The first-order valence-electron chi connectivity index (χ1n) is 8.27. The maximum Gasteiger partial charge on any atom is 0.227 e. The average Bonchev–Trinajstić information content (AvgIpc) is 3.24. The van der Waals surface area contributed by atoms with Gasteiger partial charge in [-0.2, -0.15) is 5.10 Å². The second kappa shape index (κ2) is 7.24. The number of nitrogens with zero attached hydrogens (tertiary/aromatic N) is 3. The molecule has 22 heavy (non-hydrogen) atoms. The van der Waals surface area contributed by atoms with Gasteiger partial charge in [0.1, 0.15) is 0 Å². The minimum Gasteiger partial charge on any atom is -0.383 e. The summed E-state index contributed by atoms with van der Waals surface area (Å²) >= 11 is 0. The van der Waals surface area contributed by atoms with Crippen molar-refractivity contribution in [1.29, 1.82) is 0 Å². The smallest absolute Gasteiger partial charge is 0.227 e. The topological polar surface area (TPSA) is 61.5 Å². The molecule has 122 valence electrons. The average molecular weight is 306 g/mol. The van der Waals surface area contributed by atoms with Crippen molar-refractivity contribution in [3.8, 4) is 0 Å². The number of rotatable bonds is 5. The molecule has 1 aromatic rings. The van der Waals surface area contributed by atoms with E-state index in [4.69, 9.17) is 4.74 Å². The Hall–Kier alpha value is -1.40. The summed E-state index contributed by atoms with van der Waals surface area (Å²) in [6.07, 6.45) is 4.87. The number of carbonyl (C=O) groups is 1. The van der Waals surface area contributed by atoms with Gasteiger partial charge in [-0.1, -0.05) is 0 Å². The number of nitrogens with one attached hydrogen (secondary N) is 1. The van der Waals surface area contributed by atoms with Gasteiger partial charge >= 0.3 is 0 Å². The van der Waals surface area contributed by atoms with E-state index < -0.39 is 0 Å². The molecule has 1 atom stereocenters. The number of piperidine rings is 1. The van der Waals surface area contributed by atoms with Crippen LogP contribution in [0.15, 0.2) is 12.3 Å². The van der Waals surface area contributed by atoms with Gasteiger partial charge in [0, 0.05) is 51.1 Å². The van der Waals surface area contributed by atoms with Crippen molar-refractivity contribution in [2.75, 3.05) is 46.4 Å². The number of aromatic nitrogens is 2. The van der Waals surface area contributed by atoms with Crippen LogP contribution in [0.25, 0.3) is 0 Å². The molecule has 1 N–H and O–H groups in total. The molecule has 0 saturated carbocycles. The normalized spacial score (nSPS) is 24.0. The van der Waals surface area contributed by atoms with Crippen LogP contribution < -0.4 is 0 Å². The van der Waals surface area contributed by atoms with E-state index in [1.54, 1.807) is 13.3 Å². The Labute approximate surface area is 131 Å². The zero-order valence-corrected chi connectivity index (χ0v) is 13.3. The maximum atomic E-state index is 12.7. The molecule has 0 bridgehead atoms. The predicted molar refractivity (Wildman–Crippen MR) is 83.6 cm³/mol. The lowest BCUT2D eigenvalue weighted by molar-refractivity contribution is -0.136. The zero-order chi connectivity index (χ0) is 15.4. The van der Waals surface area contributed by atoms with Crippen molar-refractivity contribution < 1.29 is 9.53 Å². The summed E-state index contributed by atoms with van der Waals surface area (Å²) < 4.78 is 5.12. The minimum atomic E-state index is 0.181. The highest BCUT2D eigenvalue weighted by Gasteiger charge is 2.33. The van der Waals surface area contributed by atoms with E-state index in [9.17, 15) is 4.79 Å². The van der Waals surface area contributed by atoms with Crippen LogP contribution in [0.5, 0.6) is 0 Å². The van der Waals surface area contributed by atoms with Crippen LogP contribution in [0, 0.1) is 5.92 Å². The van der Waals surface area contributed by atoms with Gasteiger partial charge in [-0.15, -0.1) is 0 Å². The molecule has 0 spiro atoms. The Balaban J connectivity index is 1.46. The van der Waals surface area contributed by atoms with E-state index in [0.29, 0.717) is 11.8 Å². The monoisotopic (exact) mass is 306 g/mol. The first-order chi connectivity index (χ1) is 10.8. The number of ether oxygens (including phenoxy) is 1. The lowest BCUT2D eigenvalue weighted by Crippen LogP contribution is -2.42. The number of aromatic amines is 1. The van der Waals surface area contributed by atoms with Gasteiger partial charge in [0.2, 0.25) is 5.91 Å². The largest absolute Gasteiger partial charge is 0.383 e. The van der Waals surface area contributed by atoms with Crippen LogP contribution in [0.4, 0.5) is 0 Å². The van der Waals surface area contributed by atoms with Crippen molar-refractivity contribution in [1.82, 2.24) is 20.0 Å². The summed E-state index contributed by atoms with van der Waals surface area (Å²) in [5, 5.41) is 7.09. The van der Waals surface area contributed by atoms with Gasteiger partial charge in [0.25, 0.3) is 0 Å². The second-order valence-electron chi connectivity index (χ2n) is 6.39. The molecule has 1 aromatic heterocycles. The Morgan fingerprint density at radius 3 is 2.86 bits per heavy atom. The summed E-state index contributed by atoms with van der Waals surface area (Å²) in [5.74, 6) is 1.05. The standard InChI is InChI=1S/C16H26N4O2/c1-22-11-10-19-7-3-14(12-19)16(21)20-8-4-13(5-9-20)15-2-6-17-18-15/h2,6,13-14H,3-5,7-12H2,1H3,(H,17,18). The third-order valence-corrected chi connectivity index (χ3v) is 5.00. The molecule has 2 saturated heterocycles. The van der Waals surface area contributed by atoms with Crippen molar-refractivity contribution in [3.63, 3.8) is 0 Å². The van der Waals surface area contributed by atoms with Crippen LogP contribution in [0.3, 0.4) is 0 Å². The molecular weight excluding hydrogens is 280 g/mol. The first-order valence-corrected chi connectivity index (χ1v) is 8.27. The highest BCUT2D eigenvalue weighted by atomic mass is 16.5. The third kappa shape index (κ3) is 3.50. The molecule has 0 aliphatic carbocycles. The van der Waals surface area contributed by atoms with Crippen LogP contribution in [-0.4, -0.2) is 72.3 Å². The molecule has 0 radical (unpaired) electrons. The summed E-state index contributed by atoms with van der Waals surface area (Å²) in [4.78, 5) is 17.1. The van der Waals surface area contributed by atoms with Crippen molar-refractivity contribution in [2.24, 2.45) is 5.92 Å². The summed E-state index contributed by atoms with van der Waals surface area (Å²) in [5.41, 5.74) is 1.21. The lowest BCUT2D eigenvalue weighted by atomic mass is 9.93. The minimum absolute atomic E-state index is 0.181. The fraction of sp³-hybridized carbons (Fsp3) is 0.750. The van der Waals surface area contributed by atoms with E-state index in [2.05, 4.69) is 20.0 Å². The van der Waals surface area contributed by atoms with Gasteiger partial charge in [-0.3, -0.25) is 9.89 Å². The van der Waals surface area contributed by atoms with Gasteiger partial charge < -0.3 is 14.5 Å². The fourth-order valence-electron chi connectivity index (χ4n) is 3.62. The third-order valence-electron chi connectivity index (χ3n) is 5.00. The van der Waals surface area contributed by atoms with Crippen molar-refractivity contribution in [3.05, 3.63) is 18.0 Å². The number of hydrogen-bond donors (Lipinski definition) is 1. The molecule has 0 aromatic carbocycles. The van der Waals surface area contributed by atoms with E-state index >= 15 is 0 Å². The van der Waals surface area contributed by atoms with Gasteiger partial charge in [0.05, 0.1) is 12.5 Å². The van der Waals surface area contributed by atoms with Crippen LogP contribution in [0.2, 0.25) is 0 Å². The number of hydrogen-bond acceptors (Lipinski definition) is 4. The van der Waals surface area contributed by atoms with E-state index in [1.165, 1.54) is 5.69 Å². The van der Waals surface area contributed by atoms with Gasteiger partial charge in [-0.05, 0) is 31.9 Å². The highest BCUT2D eigenvalue weighted by Crippen LogP contribution is 2.28. The molecule has 1 unspecified atom stereocenters. The number of carbonyl (C=O) groups excluding carboxylic acids is 1. The molecule has 1 amide bonds. The Morgan fingerprint density at radius 2 is 2.18 bits per heavy atom. The van der Waals surface area contributed by atoms with Gasteiger partial charge in [0.15, 0.2) is 0 Å². The first kappa shape index (κ1) is 15.5. The fourth-order valence-corrected chi connectivity index (χ4v) is 3.62. The Kier molecular flexibility index (Phi) is 5.10. The van der Waals surface area contributed by atoms with Crippen LogP contribution in [0.1, 0.15) is 30.9 Å². The number of H-pyrrole nitrogens is 1. The molecule has 3 rings (SSSR count). The summed E-state index contributed by atoms with van der Waals surface area (Å²) in [6.45, 7) is 5.33.